The minimum absolute atomic E-state index is 0.0364. The van der Waals surface area contributed by atoms with Crippen molar-refractivity contribution in [3.8, 4) is 0 Å². The molecule has 0 aromatic heterocycles. The van der Waals surface area contributed by atoms with E-state index in [-0.39, 0.29) is 17.7 Å². The second kappa shape index (κ2) is 8.96. The zero-order valence-corrected chi connectivity index (χ0v) is 19.7. The normalized spacial score (nSPS) is 29.9. The Labute approximate surface area is 188 Å². The summed E-state index contributed by atoms with van der Waals surface area (Å²) >= 11 is 0. The summed E-state index contributed by atoms with van der Waals surface area (Å²) in [6, 6.07) is 7.81. The van der Waals surface area contributed by atoms with E-state index in [4.69, 9.17) is 0 Å². The molecule has 1 aromatic rings. The second-order valence-corrected chi connectivity index (χ2v) is 11.4. The third-order valence-corrected chi connectivity index (χ3v) is 8.05. The Kier molecular flexibility index (Phi) is 6.46. The minimum atomic E-state index is -0.512. The minimum Gasteiger partial charge on any atom is -0.354 e. The molecule has 0 spiro atoms. The van der Waals surface area contributed by atoms with E-state index in [9.17, 15) is 9.59 Å². The zero-order valence-electron chi connectivity index (χ0n) is 19.7. The van der Waals surface area contributed by atoms with Crippen molar-refractivity contribution in [3.05, 3.63) is 35.4 Å². The van der Waals surface area contributed by atoms with E-state index < -0.39 is 6.04 Å². The first-order chi connectivity index (χ1) is 14.8. The summed E-state index contributed by atoms with van der Waals surface area (Å²) in [4.78, 5) is 25.5. The van der Waals surface area contributed by atoms with Crippen molar-refractivity contribution in [1.29, 1.82) is 0 Å². The van der Waals surface area contributed by atoms with Crippen molar-refractivity contribution < 1.29 is 9.59 Å². The molecule has 1 unspecified atom stereocenters. The molecule has 0 aliphatic heterocycles. The van der Waals surface area contributed by atoms with Gasteiger partial charge in [0.1, 0.15) is 6.04 Å². The van der Waals surface area contributed by atoms with Crippen LogP contribution >= 0.6 is 0 Å². The van der Waals surface area contributed by atoms with Crippen LogP contribution in [0.2, 0.25) is 0 Å². The molecule has 4 saturated carbocycles. The molecule has 4 heteroatoms. The largest absolute Gasteiger partial charge is 0.354 e. The van der Waals surface area contributed by atoms with E-state index in [1.54, 1.807) is 0 Å². The molecule has 31 heavy (non-hydrogen) atoms. The Balaban J connectivity index is 1.40. The van der Waals surface area contributed by atoms with Crippen LogP contribution in [0.15, 0.2) is 24.3 Å². The number of rotatable bonds is 8. The lowest BCUT2D eigenvalue weighted by Crippen LogP contribution is -2.50. The summed E-state index contributed by atoms with van der Waals surface area (Å²) in [5.74, 6) is 3.07. The summed E-state index contributed by atoms with van der Waals surface area (Å²) in [6.45, 7) is 8.88. The summed E-state index contributed by atoms with van der Waals surface area (Å²) in [5.41, 5.74) is 2.42. The molecule has 4 fully saturated rings. The van der Waals surface area contributed by atoms with Gasteiger partial charge in [-0.2, -0.15) is 0 Å². The molecule has 1 atom stereocenters. The van der Waals surface area contributed by atoms with Gasteiger partial charge in [-0.1, -0.05) is 39.8 Å². The molecule has 4 aliphatic carbocycles. The lowest BCUT2D eigenvalue weighted by molar-refractivity contribution is -0.123. The van der Waals surface area contributed by atoms with E-state index in [0.29, 0.717) is 23.4 Å². The standard InChI is InChI=1S/C27H40N2O2/c1-17(2)9-10-28-26(31)24(18(3)4)29-25(30)22-5-7-23(8-6-22)27-14-19-11-20(15-27)13-21(12-19)16-27/h5-8,17-21,24H,9-16H2,1-4H3,(H,28,31)(H,29,30). The van der Waals surface area contributed by atoms with Crippen LogP contribution in [0.4, 0.5) is 0 Å². The highest BCUT2D eigenvalue weighted by molar-refractivity contribution is 5.97. The molecule has 170 valence electrons. The smallest absolute Gasteiger partial charge is 0.251 e. The topological polar surface area (TPSA) is 58.2 Å². The fourth-order valence-corrected chi connectivity index (χ4v) is 6.79. The monoisotopic (exact) mass is 424 g/mol. The van der Waals surface area contributed by atoms with Gasteiger partial charge in [0.2, 0.25) is 5.91 Å². The summed E-state index contributed by atoms with van der Waals surface area (Å²) in [6.07, 6.45) is 9.25. The van der Waals surface area contributed by atoms with E-state index in [2.05, 4.69) is 36.6 Å². The van der Waals surface area contributed by atoms with Gasteiger partial charge in [0.15, 0.2) is 0 Å². The SMILES string of the molecule is CC(C)CCNC(=O)C(NC(=O)c1ccc(C23CC4CC(CC(C4)C2)C3)cc1)C(C)C. The number of benzene rings is 1. The third kappa shape index (κ3) is 4.83. The number of hydrogen-bond acceptors (Lipinski definition) is 2. The van der Waals surface area contributed by atoms with Gasteiger partial charge in [0.25, 0.3) is 5.91 Å². The van der Waals surface area contributed by atoms with Crippen LogP contribution in [0.5, 0.6) is 0 Å². The van der Waals surface area contributed by atoms with Crippen molar-refractivity contribution in [3.63, 3.8) is 0 Å². The molecule has 2 N–H and O–H groups in total. The van der Waals surface area contributed by atoms with Crippen molar-refractivity contribution in [2.75, 3.05) is 6.54 Å². The zero-order chi connectivity index (χ0) is 22.2. The van der Waals surface area contributed by atoms with E-state index in [1.807, 2.05) is 26.0 Å². The number of nitrogens with one attached hydrogen (secondary N) is 2. The Morgan fingerprint density at radius 2 is 1.48 bits per heavy atom. The summed E-state index contributed by atoms with van der Waals surface area (Å²) in [7, 11) is 0. The molecule has 1 aromatic carbocycles. The maximum absolute atomic E-state index is 12.9. The molecule has 4 aliphatic rings. The lowest BCUT2D eigenvalue weighted by Gasteiger charge is -2.57. The summed E-state index contributed by atoms with van der Waals surface area (Å²) < 4.78 is 0. The maximum atomic E-state index is 12.9. The lowest BCUT2D eigenvalue weighted by atomic mass is 9.48. The first-order valence-electron chi connectivity index (χ1n) is 12.4. The van der Waals surface area contributed by atoms with Crippen LogP contribution < -0.4 is 10.6 Å². The van der Waals surface area contributed by atoms with Gasteiger partial charge in [-0.3, -0.25) is 9.59 Å². The van der Waals surface area contributed by atoms with Crippen molar-refractivity contribution in [2.45, 2.75) is 84.1 Å². The molecule has 0 heterocycles. The molecule has 0 saturated heterocycles. The first-order valence-corrected chi connectivity index (χ1v) is 12.4. The van der Waals surface area contributed by atoms with E-state index in [0.717, 1.165) is 24.2 Å². The molecular weight excluding hydrogens is 384 g/mol. The van der Waals surface area contributed by atoms with Crippen molar-refractivity contribution in [2.24, 2.45) is 29.6 Å². The van der Waals surface area contributed by atoms with Gasteiger partial charge >= 0.3 is 0 Å². The van der Waals surface area contributed by atoms with Crippen LogP contribution in [0.3, 0.4) is 0 Å². The van der Waals surface area contributed by atoms with Crippen LogP contribution in [-0.2, 0) is 10.2 Å². The Morgan fingerprint density at radius 1 is 0.935 bits per heavy atom. The van der Waals surface area contributed by atoms with E-state index in [1.165, 1.54) is 44.1 Å². The third-order valence-electron chi connectivity index (χ3n) is 8.05. The van der Waals surface area contributed by atoms with Crippen LogP contribution in [0.1, 0.15) is 88.6 Å². The fourth-order valence-electron chi connectivity index (χ4n) is 6.79. The highest BCUT2D eigenvalue weighted by atomic mass is 16.2. The predicted octanol–water partition coefficient (Wildman–Crippen LogP) is 5.07. The van der Waals surface area contributed by atoms with Gasteiger partial charge in [0, 0.05) is 12.1 Å². The Morgan fingerprint density at radius 3 is 1.97 bits per heavy atom. The number of carbonyl (C=O) groups excluding carboxylic acids is 2. The Bertz CT molecular complexity index is 761. The van der Waals surface area contributed by atoms with Crippen LogP contribution in [0, 0.1) is 29.6 Å². The highest BCUT2D eigenvalue weighted by Crippen LogP contribution is 2.60. The number of amides is 2. The van der Waals surface area contributed by atoms with Gasteiger partial charge in [-0.15, -0.1) is 0 Å². The second-order valence-electron chi connectivity index (χ2n) is 11.4. The first kappa shape index (κ1) is 22.4. The maximum Gasteiger partial charge on any atom is 0.251 e. The Hall–Kier alpha value is -1.84. The molecule has 5 rings (SSSR count). The van der Waals surface area contributed by atoms with Crippen molar-refractivity contribution >= 4 is 11.8 Å². The fraction of sp³-hybridized carbons (Fsp3) is 0.704. The number of hydrogen-bond donors (Lipinski definition) is 2. The average molecular weight is 425 g/mol. The molecule has 2 amide bonds. The summed E-state index contributed by atoms with van der Waals surface area (Å²) in [5, 5.41) is 5.96. The highest BCUT2D eigenvalue weighted by Gasteiger charge is 2.51. The molecule has 4 nitrogen and oxygen atoms in total. The van der Waals surface area contributed by atoms with Crippen molar-refractivity contribution in [1.82, 2.24) is 10.6 Å². The van der Waals surface area contributed by atoms with Gasteiger partial charge in [-0.05, 0) is 97.6 Å². The molecular formula is C27H40N2O2. The quantitative estimate of drug-likeness (QED) is 0.612. The van der Waals surface area contributed by atoms with Gasteiger partial charge in [0.05, 0.1) is 0 Å². The predicted molar refractivity (Wildman–Crippen MR) is 125 cm³/mol. The molecule has 4 bridgehead atoms. The van der Waals surface area contributed by atoms with Crippen LogP contribution in [-0.4, -0.2) is 24.4 Å². The van der Waals surface area contributed by atoms with E-state index >= 15 is 0 Å². The molecule has 0 radical (unpaired) electrons. The van der Waals surface area contributed by atoms with Crippen LogP contribution in [0.25, 0.3) is 0 Å². The van der Waals surface area contributed by atoms with Gasteiger partial charge in [-0.25, -0.2) is 0 Å². The van der Waals surface area contributed by atoms with Gasteiger partial charge < -0.3 is 10.6 Å². The average Bonchev–Trinajstić information content (AvgIpc) is 2.70. The number of carbonyl (C=O) groups is 2.